The number of ketones is 1. The van der Waals surface area contributed by atoms with Crippen LogP contribution in [0.1, 0.15) is 29.8 Å². The number of methoxy groups -OCH3 is 1. The average Bonchev–Trinajstić information content (AvgIpc) is 2.75. The molecule has 0 saturated carbocycles. The van der Waals surface area contributed by atoms with E-state index in [2.05, 4.69) is 0 Å². The second-order valence-electron chi connectivity index (χ2n) is 5.71. The van der Waals surface area contributed by atoms with Gasteiger partial charge in [0.05, 0.1) is 7.11 Å². The summed E-state index contributed by atoms with van der Waals surface area (Å²) >= 11 is 0. The van der Waals surface area contributed by atoms with Crippen LogP contribution in [0.4, 0.5) is 0 Å². The average molecular weight is 298 g/mol. The molecule has 0 atom stereocenters. The maximum Gasteiger partial charge on any atom is 0.213 e. The van der Waals surface area contributed by atoms with E-state index in [1.807, 2.05) is 30.3 Å². The summed E-state index contributed by atoms with van der Waals surface area (Å²) in [7, 11) is 1.57. The number of hydrogen-bond acceptors (Lipinski definition) is 4. The molecule has 0 aliphatic carbocycles. The van der Waals surface area contributed by atoms with Crippen LogP contribution in [-0.4, -0.2) is 18.5 Å². The van der Waals surface area contributed by atoms with Gasteiger partial charge in [0.1, 0.15) is 29.4 Å². The maximum atomic E-state index is 12.5. The van der Waals surface area contributed by atoms with Crippen molar-refractivity contribution in [2.24, 2.45) is 0 Å². The molecule has 22 heavy (non-hydrogen) atoms. The lowest BCUT2D eigenvalue weighted by molar-refractivity contribution is 0.0682. The van der Waals surface area contributed by atoms with E-state index in [1.54, 1.807) is 33.1 Å². The first-order valence-corrected chi connectivity index (χ1v) is 7.14. The normalized spacial score (nSPS) is 15.1. The number of hydrogen-bond donors (Lipinski definition) is 0. The monoisotopic (exact) mass is 298 g/mol. The van der Waals surface area contributed by atoms with Crippen LogP contribution in [0.5, 0.6) is 17.2 Å². The van der Waals surface area contributed by atoms with Crippen LogP contribution in [0.25, 0.3) is 0 Å². The minimum atomic E-state index is -0.875. The molecule has 2 aromatic rings. The number of ether oxygens (including phenoxy) is 3. The van der Waals surface area contributed by atoms with Gasteiger partial charge in [-0.3, -0.25) is 4.79 Å². The minimum absolute atomic E-state index is 0.0757. The summed E-state index contributed by atoms with van der Waals surface area (Å²) in [5.41, 5.74) is 0.644. The Morgan fingerprint density at radius 2 is 1.86 bits per heavy atom. The zero-order valence-electron chi connectivity index (χ0n) is 12.9. The van der Waals surface area contributed by atoms with Crippen LogP contribution < -0.4 is 14.2 Å². The van der Waals surface area contributed by atoms with Crippen molar-refractivity contribution in [3.63, 3.8) is 0 Å². The van der Waals surface area contributed by atoms with Crippen molar-refractivity contribution < 1.29 is 19.0 Å². The molecule has 0 spiro atoms. The molecule has 0 fully saturated rings. The van der Waals surface area contributed by atoms with E-state index < -0.39 is 5.60 Å². The molecule has 0 amide bonds. The first-order valence-electron chi connectivity index (χ1n) is 7.14. The molecule has 0 radical (unpaired) electrons. The molecule has 0 N–H and O–H groups in total. The lowest BCUT2D eigenvalue weighted by Gasteiger charge is -2.14. The Morgan fingerprint density at radius 3 is 2.55 bits per heavy atom. The van der Waals surface area contributed by atoms with Crippen molar-refractivity contribution in [3.05, 3.63) is 53.6 Å². The van der Waals surface area contributed by atoms with Crippen LogP contribution in [0.15, 0.2) is 42.5 Å². The zero-order valence-corrected chi connectivity index (χ0v) is 12.9. The van der Waals surface area contributed by atoms with Gasteiger partial charge in [0.2, 0.25) is 5.78 Å². The summed E-state index contributed by atoms with van der Waals surface area (Å²) in [5, 5.41) is 0. The standard InChI is InChI=1S/C18H18O4/c1-18(2)17(19)16-14(9-13(20-3)10-15(16)22-18)21-11-12-7-5-4-6-8-12/h4-10H,11H2,1-3H3. The highest BCUT2D eigenvalue weighted by Gasteiger charge is 2.42. The Hall–Kier alpha value is -2.49. The molecule has 0 aromatic heterocycles. The van der Waals surface area contributed by atoms with Crippen molar-refractivity contribution in [3.8, 4) is 17.2 Å². The van der Waals surface area contributed by atoms with Gasteiger partial charge < -0.3 is 14.2 Å². The molecule has 1 aliphatic rings. The third kappa shape index (κ3) is 2.52. The maximum absolute atomic E-state index is 12.5. The Balaban J connectivity index is 1.94. The minimum Gasteiger partial charge on any atom is -0.496 e. The second kappa shape index (κ2) is 5.37. The van der Waals surface area contributed by atoms with Gasteiger partial charge in [-0.25, -0.2) is 0 Å². The fourth-order valence-electron chi connectivity index (χ4n) is 2.46. The summed E-state index contributed by atoms with van der Waals surface area (Å²) in [5.74, 6) is 1.53. The number of rotatable bonds is 4. The molecular formula is C18H18O4. The highest BCUT2D eigenvalue weighted by molar-refractivity contribution is 6.09. The highest BCUT2D eigenvalue weighted by atomic mass is 16.5. The van der Waals surface area contributed by atoms with Gasteiger partial charge >= 0.3 is 0 Å². The second-order valence-corrected chi connectivity index (χ2v) is 5.71. The number of Topliss-reactive ketones (excluding diaryl/α,β-unsaturated/α-hetero) is 1. The summed E-state index contributed by atoms with van der Waals surface area (Å²) in [4.78, 5) is 12.5. The topological polar surface area (TPSA) is 44.8 Å². The van der Waals surface area contributed by atoms with Crippen molar-refractivity contribution in [1.82, 2.24) is 0 Å². The Bertz CT molecular complexity index is 705. The number of carbonyl (C=O) groups excluding carboxylic acids is 1. The number of carbonyl (C=O) groups is 1. The highest BCUT2D eigenvalue weighted by Crippen LogP contribution is 2.43. The molecule has 1 heterocycles. The van der Waals surface area contributed by atoms with Gasteiger partial charge in [-0.15, -0.1) is 0 Å². The first-order chi connectivity index (χ1) is 10.5. The lowest BCUT2D eigenvalue weighted by atomic mass is 9.99. The Morgan fingerprint density at radius 1 is 1.14 bits per heavy atom. The molecule has 4 heteroatoms. The third-order valence-corrected chi connectivity index (χ3v) is 3.65. The summed E-state index contributed by atoms with van der Waals surface area (Å²) in [6, 6.07) is 13.2. The van der Waals surface area contributed by atoms with Gasteiger partial charge in [0.15, 0.2) is 5.60 Å². The molecule has 2 aromatic carbocycles. The largest absolute Gasteiger partial charge is 0.496 e. The van der Waals surface area contributed by atoms with Gasteiger partial charge in [-0.1, -0.05) is 30.3 Å². The van der Waals surface area contributed by atoms with E-state index >= 15 is 0 Å². The van der Waals surface area contributed by atoms with E-state index in [0.717, 1.165) is 5.56 Å². The van der Waals surface area contributed by atoms with E-state index in [0.29, 0.717) is 29.4 Å². The molecule has 114 valence electrons. The van der Waals surface area contributed by atoms with Crippen molar-refractivity contribution in [2.45, 2.75) is 26.1 Å². The van der Waals surface area contributed by atoms with E-state index in [-0.39, 0.29) is 5.78 Å². The van der Waals surface area contributed by atoms with Gasteiger partial charge in [-0.2, -0.15) is 0 Å². The quantitative estimate of drug-likeness (QED) is 0.864. The van der Waals surface area contributed by atoms with Crippen molar-refractivity contribution in [2.75, 3.05) is 7.11 Å². The van der Waals surface area contributed by atoms with Crippen LogP contribution in [0, 0.1) is 0 Å². The Labute approximate surface area is 129 Å². The zero-order chi connectivity index (χ0) is 15.7. The third-order valence-electron chi connectivity index (χ3n) is 3.65. The van der Waals surface area contributed by atoms with Crippen LogP contribution in [-0.2, 0) is 6.61 Å². The van der Waals surface area contributed by atoms with Gasteiger partial charge in [0.25, 0.3) is 0 Å². The predicted octanol–water partition coefficient (Wildman–Crippen LogP) is 3.63. The van der Waals surface area contributed by atoms with Crippen LogP contribution in [0.2, 0.25) is 0 Å². The van der Waals surface area contributed by atoms with E-state index in [4.69, 9.17) is 14.2 Å². The van der Waals surface area contributed by atoms with Crippen molar-refractivity contribution in [1.29, 1.82) is 0 Å². The SMILES string of the molecule is COc1cc(OCc2ccccc2)c2c(c1)OC(C)(C)C2=O. The molecule has 1 aliphatic heterocycles. The molecule has 4 nitrogen and oxygen atoms in total. The summed E-state index contributed by atoms with van der Waals surface area (Å²) in [6.07, 6.45) is 0. The number of benzene rings is 2. The lowest BCUT2D eigenvalue weighted by Crippen LogP contribution is -2.32. The molecular weight excluding hydrogens is 280 g/mol. The number of fused-ring (bicyclic) bond motifs is 1. The van der Waals surface area contributed by atoms with E-state index in [1.165, 1.54) is 0 Å². The predicted molar refractivity (Wildman–Crippen MR) is 82.8 cm³/mol. The first kappa shape index (κ1) is 14.4. The molecule has 0 saturated heterocycles. The molecule has 0 bridgehead atoms. The smallest absolute Gasteiger partial charge is 0.213 e. The van der Waals surface area contributed by atoms with Crippen molar-refractivity contribution >= 4 is 5.78 Å². The van der Waals surface area contributed by atoms with Gasteiger partial charge in [0, 0.05) is 12.1 Å². The summed E-state index contributed by atoms with van der Waals surface area (Å²) < 4.78 is 16.9. The summed E-state index contributed by atoms with van der Waals surface area (Å²) in [6.45, 7) is 3.89. The van der Waals surface area contributed by atoms with Gasteiger partial charge in [-0.05, 0) is 19.4 Å². The molecule has 3 rings (SSSR count). The fraction of sp³-hybridized carbons (Fsp3) is 0.278. The van der Waals surface area contributed by atoms with Crippen LogP contribution in [0.3, 0.4) is 0 Å². The van der Waals surface area contributed by atoms with Crippen LogP contribution >= 0.6 is 0 Å². The van der Waals surface area contributed by atoms with E-state index in [9.17, 15) is 4.79 Å². The Kier molecular flexibility index (Phi) is 3.53. The molecule has 0 unspecified atom stereocenters. The fourth-order valence-corrected chi connectivity index (χ4v) is 2.46.